The van der Waals surface area contributed by atoms with Gasteiger partial charge in [-0.05, 0) is 37.3 Å². The minimum Gasteiger partial charge on any atom is -0.467 e. The third kappa shape index (κ3) is 3.74. The highest BCUT2D eigenvalue weighted by Gasteiger charge is 2.32. The lowest BCUT2D eigenvalue weighted by Crippen LogP contribution is -2.48. The Morgan fingerprint density at radius 3 is 2.81 bits per heavy atom. The third-order valence-electron chi connectivity index (χ3n) is 3.96. The number of benzene rings is 1. The molecule has 1 aliphatic rings. The topological polar surface area (TPSA) is 72.6 Å². The van der Waals surface area contributed by atoms with Gasteiger partial charge in [0, 0.05) is 18.7 Å². The van der Waals surface area contributed by atoms with Crippen molar-refractivity contribution < 1.29 is 14.3 Å². The largest absolute Gasteiger partial charge is 0.467 e. The van der Waals surface area contributed by atoms with Gasteiger partial charge in [-0.2, -0.15) is 0 Å². The Labute approximate surface area is 125 Å². The fraction of sp³-hybridized carbons (Fsp3) is 0.500. The molecule has 2 rings (SSSR count). The number of para-hydroxylation sites is 1. The number of amides is 1. The molecule has 1 atom stereocenters. The molecule has 1 aliphatic heterocycles. The number of nitrogen functional groups attached to an aromatic ring is 1. The van der Waals surface area contributed by atoms with Crippen LogP contribution in [-0.2, 0) is 20.7 Å². The number of likely N-dealkylation sites (tertiary alicyclic amines) is 1. The minimum atomic E-state index is -0.427. The Kier molecular flexibility index (Phi) is 5.20. The molecule has 0 aromatic heterocycles. The van der Waals surface area contributed by atoms with Gasteiger partial charge in [-0.25, -0.2) is 4.79 Å². The van der Waals surface area contributed by atoms with Crippen molar-refractivity contribution in [1.82, 2.24) is 4.90 Å². The van der Waals surface area contributed by atoms with Crippen molar-refractivity contribution in [3.8, 4) is 0 Å². The summed E-state index contributed by atoms with van der Waals surface area (Å²) in [4.78, 5) is 25.8. The first-order valence-corrected chi connectivity index (χ1v) is 7.34. The average molecular weight is 290 g/mol. The number of hydrogen-bond donors (Lipinski definition) is 1. The van der Waals surface area contributed by atoms with Crippen LogP contribution in [0.2, 0.25) is 0 Å². The first-order chi connectivity index (χ1) is 10.1. The quantitative estimate of drug-likeness (QED) is 0.677. The number of carbonyl (C=O) groups excluding carboxylic acids is 2. The molecule has 0 radical (unpaired) electrons. The first-order valence-electron chi connectivity index (χ1n) is 7.34. The van der Waals surface area contributed by atoms with Crippen molar-refractivity contribution in [2.24, 2.45) is 0 Å². The number of anilines is 1. The number of rotatable bonds is 4. The van der Waals surface area contributed by atoms with Crippen LogP contribution in [0.25, 0.3) is 0 Å². The van der Waals surface area contributed by atoms with E-state index in [0.717, 1.165) is 18.4 Å². The molecule has 1 fully saturated rings. The number of hydrogen-bond acceptors (Lipinski definition) is 4. The zero-order valence-electron chi connectivity index (χ0n) is 12.4. The van der Waals surface area contributed by atoms with Crippen LogP contribution in [0.4, 0.5) is 5.69 Å². The highest BCUT2D eigenvalue weighted by Crippen LogP contribution is 2.20. The van der Waals surface area contributed by atoms with Crippen molar-refractivity contribution in [1.29, 1.82) is 0 Å². The SMILES string of the molecule is COC(=O)C1CCCCN1C(=O)CCc1ccccc1N. The number of nitrogens with zero attached hydrogens (tertiary/aromatic N) is 1. The van der Waals surface area contributed by atoms with Crippen molar-refractivity contribution in [3.63, 3.8) is 0 Å². The van der Waals surface area contributed by atoms with Crippen LogP contribution < -0.4 is 5.73 Å². The Hall–Kier alpha value is -2.04. The van der Waals surface area contributed by atoms with Crippen molar-refractivity contribution in [2.75, 3.05) is 19.4 Å². The van der Waals surface area contributed by atoms with Crippen LogP contribution >= 0.6 is 0 Å². The first kappa shape index (κ1) is 15.4. The minimum absolute atomic E-state index is 0.00615. The van der Waals surface area contributed by atoms with Crippen LogP contribution in [0, 0.1) is 0 Å². The number of aryl methyl sites for hydroxylation is 1. The van der Waals surface area contributed by atoms with E-state index < -0.39 is 6.04 Å². The average Bonchev–Trinajstić information content (AvgIpc) is 2.53. The van der Waals surface area contributed by atoms with Crippen molar-refractivity contribution >= 4 is 17.6 Å². The number of ether oxygens (including phenoxy) is 1. The van der Waals surface area contributed by atoms with Gasteiger partial charge in [-0.15, -0.1) is 0 Å². The predicted molar refractivity (Wildman–Crippen MR) is 80.5 cm³/mol. The van der Waals surface area contributed by atoms with E-state index in [1.165, 1.54) is 7.11 Å². The molecular formula is C16H22N2O3. The Morgan fingerprint density at radius 1 is 1.33 bits per heavy atom. The summed E-state index contributed by atoms with van der Waals surface area (Å²) >= 11 is 0. The molecule has 0 bridgehead atoms. The summed E-state index contributed by atoms with van der Waals surface area (Å²) in [5.74, 6) is -0.323. The number of nitrogens with two attached hydrogens (primary N) is 1. The fourth-order valence-electron chi connectivity index (χ4n) is 2.76. The molecule has 1 saturated heterocycles. The summed E-state index contributed by atoms with van der Waals surface area (Å²) in [7, 11) is 1.37. The van der Waals surface area contributed by atoms with E-state index in [4.69, 9.17) is 10.5 Å². The molecule has 0 spiro atoms. The van der Waals surface area contributed by atoms with E-state index in [0.29, 0.717) is 31.5 Å². The maximum atomic E-state index is 12.4. The lowest BCUT2D eigenvalue weighted by Gasteiger charge is -2.33. The van der Waals surface area contributed by atoms with Gasteiger partial charge in [0.15, 0.2) is 0 Å². The lowest BCUT2D eigenvalue weighted by atomic mass is 10.0. The number of methoxy groups -OCH3 is 1. The molecule has 1 aromatic rings. The summed E-state index contributed by atoms with van der Waals surface area (Å²) in [5, 5.41) is 0. The fourth-order valence-corrected chi connectivity index (χ4v) is 2.76. The summed E-state index contributed by atoms with van der Waals surface area (Å²) < 4.78 is 4.80. The van der Waals surface area contributed by atoms with Gasteiger partial charge < -0.3 is 15.4 Å². The van der Waals surface area contributed by atoms with Crippen LogP contribution in [0.1, 0.15) is 31.2 Å². The van der Waals surface area contributed by atoms with Gasteiger partial charge in [0.2, 0.25) is 5.91 Å². The lowest BCUT2D eigenvalue weighted by molar-refractivity contribution is -0.154. The van der Waals surface area contributed by atoms with E-state index in [2.05, 4.69) is 0 Å². The molecule has 1 amide bonds. The molecule has 1 aromatic carbocycles. The monoisotopic (exact) mass is 290 g/mol. The Morgan fingerprint density at radius 2 is 2.10 bits per heavy atom. The number of esters is 1. The van der Waals surface area contributed by atoms with Crippen LogP contribution in [0.5, 0.6) is 0 Å². The predicted octanol–water partition coefficient (Wildman–Crippen LogP) is 1.76. The molecule has 114 valence electrons. The van der Waals surface area contributed by atoms with Gasteiger partial charge in [0.25, 0.3) is 0 Å². The molecule has 21 heavy (non-hydrogen) atoms. The molecule has 5 nitrogen and oxygen atoms in total. The van der Waals surface area contributed by atoms with Crippen LogP contribution in [0.15, 0.2) is 24.3 Å². The number of carbonyl (C=O) groups is 2. The second kappa shape index (κ2) is 7.11. The second-order valence-electron chi connectivity index (χ2n) is 5.32. The summed E-state index contributed by atoms with van der Waals surface area (Å²) in [5.41, 5.74) is 7.56. The smallest absolute Gasteiger partial charge is 0.328 e. The summed E-state index contributed by atoms with van der Waals surface area (Å²) in [6.45, 7) is 0.628. The second-order valence-corrected chi connectivity index (χ2v) is 5.32. The summed E-state index contributed by atoms with van der Waals surface area (Å²) in [6.07, 6.45) is 3.53. The van der Waals surface area contributed by atoms with Crippen molar-refractivity contribution in [2.45, 2.75) is 38.1 Å². The van der Waals surface area contributed by atoms with Gasteiger partial charge in [-0.1, -0.05) is 18.2 Å². The van der Waals surface area contributed by atoms with Gasteiger partial charge in [-0.3, -0.25) is 4.79 Å². The third-order valence-corrected chi connectivity index (χ3v) is 3.96. The molecule has 0 saturated carbocycles. The van der Waals surface area contributed by atoms with Crippen LogP contribution in [0.3, 0.4) is 0 Å². The Bertz CT molecular complexity index is 516. The number of piperidine rings is 1. The van der Waals surface area contributed by atoms with E-state index in [1.54, 1.807) is 4.90 Å². The highest BCUT2D eigenvalue weighted by atomic mass is 16.5. The van der Waals surface area contributed by atoms with Gasteiger partial charge >= 0.3 is 5.97 Å². The van der Waals surface area contributed by atoms with E-state index >= 15 is 0 Å². The molecule has 1 unspecified atom stereocenters. The normalized spacial score (nSPS) is 18.3. The van der Waals surface area contributed by atoms with Gasteiger partial charge in [0.05, 0.1) is 7.11 Å². The standard InChI is InChI=1S/C16H22N2O3/c1-21-16(20)14-8-4-5-11-18(14)15(19)10-9-12-6-2-3-7-13(12)17/h2-3,6-7,14H,4-5,8-11,17H2,1H3. The molecule has 1 heterocycles. The zero-order chi connectivity index (χ0) is 15.2. The van der Waals surface area contributed by atoms with E-state index in [9.17, 15) is 9.59 Å². The van der Waals surface area contributed by atoms with E-state index in [1.807, 2.05) is 24.3 Å². The molecule has 0 aliphatic carbocycles. The maximum absolute atomic E-state index is 12.4. The zero-order valence-corrected chi connectivity index (χ0v) is 12.4. The van der Waals surface area contributed by atoms with Gasteiger partial charge in [0.1, 0.15) is 6.04 Å². The van der Waals surface area contributed by atoms with E-state index in [-0.39, 0.29) is 11.9 Å². The van der Waals surface area contributed by atoms with Crippen LogP contribution in [-0.4, -0.2) is 36.5 Å². The Balaban J connectivity index is 1.98. The highest BCUT2D eigenvalue weighted by molar-refractivity contribution is 5.85. The molecule has 5 heteroatoms. The maximum Gasteiger partial charge on any atom is 0.328 e. The summed E-state index contributed by atoms with van der Waals surface area (Å²) in [6, 6.07) is 7.12. The van der Waals surface area contributed by atoms with Crippen molar-refractivity contribution in [3.05, 3.63) is 29.8 Å². The molecule has 2 N–H and O–H groups in total. The molecular weight excluding hydrogens is 268 g/mol.